The van der Waals surface area contributed by atoms with E-state index in [1.54, 1.807) is 21.8 Å². The van der Waals surface area contributed by atoms with Gasteiger partial charge in [-0.2, -0.15) is 5.10 Å². The minimum atomic E-state index is -0.487. The first kappa shape index (κ1) is 24.1. The molecule has 1 amide bonds. The number of nitrogens with zero attached hydrogens (tertiary/aromatic N) is 4. The summed E-state index contributed by atoms with van der Waals surface area (Å²) in [6.45, 7) is 5.55. The van der Waals surface area contributed by atoms with Crippen LogP contribution in [0, 0.1) is 17.7 Å². The van der Waals surface area contributed by atoms with E-state index in [4.69, 9.17) is 0 Å². The van der Waals surface area contributed by atoms with Crippen LogP contribution in [0.1, 0.15) is 47.2 Å². The number of nitrogens with one attached hydrogen (secondary N) is 2. The fourth-order valence-electron chi connectivity index (χ4n) is 5.59. The first-order valence-electron chi connectivity index (χ1n) is 13.5. The largest absolute Gasteiger partial charge is 0.338 e. The number of piperidine rings is 1. The van der Waals surface area contributed by atoms with Crippen molar-refractivity contribution in [1.29, 1.82) is 0 Å². The topological polar surface area (TPSA) is 65.4 Å². The number of amides is 1. The lowest BCUT2D eigenvalue weighted by Crippen LogP contribution is -2.38. The molecule has 0 atom stereocenters. The maximum atomic E-state index is 15.3. The molecule has 2 N–H and O–H groups in total. The number of fused-ring (bicyclic) bond motifs is 2. The van der Waals surface area contributed by atoms with Gasteiger partial charge < -0.3 is 20.4 Å². The smallest absolute Gasteiger partial charge is 0.261 e. The Bertz CT molecular complexity index is 1280. The van der Waals surface area contributed by atoms with E-state index in [9.17, 15) is 4.79 Å². The van der Waals surface area contributed by atoms with Gasteiger partial charge in [0.25, 0.3) is 5.91 Å². The third kappa shape index (κ3) is 5.26. The molecule has 0 spiro atoms. The number of anilines is 3. The first-order valence-corrected chi connectivity index (χ1v) is 13.5. The molecule has 0 bridgehead atoms. The van der Waals surface area contributed by atoms with Crippen molar-refractivity contribution >= 4 is 23.1 Å². The van der Waals surface area contributed by atoms with Gasteiger partial charge in [-0.15, -0.1) is 0 Å². The normalized spacial score (nSPS) is 18.2. The van der Waals surface area contributed by atoms with E-state index in [1.165, 1.54) is 51.4 Å². The SMILES string of the molecule is Cn1ncc2c1Nc1ccccc1N(C(=O)c1ccc(CNCC3CCN(CC4CC4)CC3)cc1F)C2. The first-order chi connectivity index (χ1) is 18.0. The van der Waals surface area contributed by atoms with E-state index in [2.05, 4.69) is 20.6 Å². The lowest BCUT2D eigenvalue weighted by Gasteiger charge is -2.32. The van der Waals surface area contributed by atoms with E-state index < -0.39 is 5.82 Å². The van der Waals surface area contributed by atoms with Gasteiger partial charge in [0.1, 0.15) is 11.6 Å². The molecule has 2 fully saturated rings. The Morgan fingerprint density at radius 2 is 1.92 bits per heavy atom. The van der Waals surface area contributed by atoms with Crippen molar-refractivity contribution < 1.29 is 9.18 Å². The summed E-state index contributed by atoms with van der Waals surface area (Å²) >= 11 is 0. The molecule has 37 heavy (non-hydrogen) atoms. The Labute approximate surface area is 217 Å². The summed E-state index contributed by atoms with van der Waals surface area (Å²) in [7, 11) is 1.86. The zero-order chi connectivity index (χ0) is 25.4. The van der Waals surface area contributed by atoms with Crippen LogP contribution >= 0.6 is 0 Å². The van der Waals surface area contributed by atoms with Gasteiger partial charge in [0.15, 0.2) is 0 Å². The molecular formula is C29H35FN6O. The summed E-state index contributed by atoms with van der Waals surface area (Å²) in [5, 5.41) is 11.2. The second kappa shape index (κ2) is 10.3. The lowest BCUT2D eigenvalue weighted by atomic mass is 9.96. The average Bonchev–Trinajstić information content (AvgIpc) is 3.68. The number of likely N-dealkylation sites (tertiary alicyclic amines) is 1. The maximum Gasteiger partial charge on any atom is 0.261 e. The van der Waals surface area contributed by atoms with Crippen LogP contribution in [0.4, 0.5) is 21.6 Å². The van der Waals surface area contributed by atoms with Crippen LogP contribution in [-0.2, 0) is 20.1 Å². The van der Waals surface area contributed by atoms with Gasteiger partial charge in [-0.05, 0) is 87.0 Å². The summed E-state index contributed by atoms with van der Waals surface area (Å²) < 4.78 is 17.0. The monoisotopic (exact) mass is 502 g/mol. The molecule has 3 aromatic rings. The van der Waals surface area contributed by atoms with Crippen molar-refractivity contribution in [2.75, 3.05) is 36.4 Å². The summed E-state index contributed by atoms with van der Waals surface area (Å²) in [6, 6.07) is 12.6. The number of hydrogen-bond donors (Lipinski definition) is 2. The van der Waals surface area contributed by atoms with Gasteiger partial charge in [-0.1, -0.05) is 18.2 Å². The van der Waals surface area contributed by atoms with Crippen LogP contribution in [0.2, 0.25) is 0 Å². The number of benzene rings is 2. The van der Waals surface area contributed by atoms with Crippen molar-refractivity contribution in [3.05, 3.63) is 71.2 Å². The van der Waals surface area contributed by atoms with Crippen LogP contribution in [0.5, 0.6) is 0 Å². The van der Waals surface area contributed by atoms with E-state index >= 15 is 4.39 Å². The number of para-hydroxylation sites is 2. The molecule has 7 nitrogen and oxygen atoms in total. The molecule has 3 heterocycles. The summed E-state index contributed by atoms with van der Waals surface area (Å²) in [4.78, 5) is 17.8. The zero-order valence-corrected chi connectivity index (χ0v) is 21.4. The van der Waals surface area contributed by atoms with E-state index in [0.29, 0.717) is 19.0 Å². The van der Waals surface area contributed by atoms with Gasteiger partial charge in [-0.25, -0.2) is 4.39 Å². The van der Waals surface area contributed by atoms with Crippen LogP contribution in [-0.4, -0.2) is 46.8 Å². The van der Waals surface area contributed by atoms with Gasteiger partial charge >= 0.3 is 0 Å². The lowest BCUT2D eigenvalue weighted by molar-refractivity contribution is 0.0981. The molecule has 1 aromatic heterocycles. The third-order valence-electron chi connectivity index (χ3n) is 7.98. The molecule has 2 aliphatic heterocycles. The Kier molecular flexibility index (Phi) is 6.69. The molecule has 1 saturated heterocycles. The molecule has 3 aliphatic rings. The van der Waals surface area contributed by atoms with Crippen molar-refractivity contribution in [2.24, 2.45) is 18.9 Å². The molecule has 2 aromatic carbocycles. The van der Waals surface area contributed by atoms with Crippen LogP contribution < -0.4 is 15.5 Å². The third-order valence-corrected chi connectivity index (χ3v) is 7.98. The number of halogens is 1. The second-order valence-corrected chi connectivity index (χ2v) is 10.8. The second-order valence-electron chi connectivity index (χ2n) is 10.8. The van der Waals surface area contributed by atoms with Crippen LogP contribution in [0.3, 0.4) is 0 Å². The highest BCUT2D eigenvalue weighted by Gasteiger charge is 2.29. The number of hydrogen-bond acceptors (Lipinski definition) is 5. The summed E-state index contributed by atoms with van der Waals surface area (Å²) in [5.74, 6) is 1.62. The zero-order valence-electron chi connectivity index (χ0n) is 21.4. The number of rotatable bonds is 7. The van der Waals surface area contributed by atoms with Crippen LogP contribution in [0.15, 0.2) is 48.7 Å². The van der Waals surface area contributed by atoms with Crippen molar-refractivity contribution in [3.63, 3.8) is 0 Å². The van der Waals surface area contributed by atoms with E-state index in [-0.39, 0.29) is 11.5 Å². The molecule has 0 unspecified atom stereocenters. The van der Waals surface area contributed by atoms with E-state index in [1.807, 2.05) is 37.4 Å². The predicted molar refractivity (Wildman–Crippen MR) is 143 cm³/mol. The van der Waals surface area contributed by atoms with Crippen molar-refractivity contribution in [1.82, 2.24) is 20.0 Å². The Morgan fingerprint density at radius 1 is 1.11 bits per heavy atom. The highest BCUT2D eigenvalue weighted by molar-refractivity contribution is 6.08. The standard InChI is InChI=1S/C29H35FN6O/c1-34-28-23(17-32-34)19-36(27-5-3-2-4-26(27)33-28)29(37)24-9-8-22(14-25(24)30)16-31-15-20-10-12-35(13-11-20)18-21-6-7-21/h2-5,8-9,14,17,20-21,31,33H,6-7,10-13,15-16,18-19H2,1H3. The highest BCUT2D eigenvalue weighted by atomic mass is 19.1. The Balaban J connectivity index is 1.09. The van der Waals surface area contributed by atoms with Crippen molar-refractivity contribution in [2.45, 2.75) is 38.8 Å². The highest BCUT2D eigenvalue weighted by Crippen LogP contribution is 2.36. The summed E-state index contributed by atoms with van der Waals surface area (Å²) in [6.07, 6.45) is 7.03. The molecule has 8 heteroatoms. The fraction of sp³-hybridized carbons (Fsp3) is 0.448. The number of aryl methyl sites for hydroxylation is 1. The molecule has 1 aliphatic carbocycles. The number of carbonyl (C=O) groups is 1. The quantitative estimate of drug-likeness (QED) is 0.491. The average molecular weight is 503 g/mol. The fourth-order valence-corrected chi connectivity index (χ4v) is 5.59. The van der Waals surface area contributed by atoms with Gasteiger partial charge in [0.05, 0.1) is 29.7 Å². The number of carbonyl (C=O) groups excluding carboxylic acids is 1. The minimum absolute atomic E-state index is 0.0777. The van der Waals surface area contributed by atoms with Gasteiger partial charge in [0, 0.05) is 25.7 Å². The molecule has 0 radical (unpaired) electrons. The van der Waals surface area contributed by atoms with Crippen molar-refractivity contribution in [3.8, 4) is 0 Å². The molecule has 6 rings (SSSR count). The molecular weight excluding hydrogens is 467 g/mol. The molecule has 1 saturated carbocycles. The Morgan fingerprint density at radius 3 is 2.70 bits per heavy atom. The molecule has 194 valence electrons. The Hall–Kier alpha value is -3.23. The minimum Gasteiger partial charge on any atom is -0.338 e. The predicted octanol–water partition coefficient (Wildman–Crippen LogP) is 4.67. The van der Waals surface area contributed by atoms with Gasteiger partial charge in [-0.3, -0.25) is 9.48 Å². The maximum absolute atomic E-state index is 15.3. The van der Waals surface area contributed by atoms with E-state index in [0.717, 1.165) is 40.8 Å². The number of aromatic nitrogens is 2. The summed E-state index contributed by atoms with van der Waals surface area (Å²) in [5.41, 5.74) is 3.32. The van der Waals surface area contributed by atoms with Crippen LogP contribution in [0.25, 0.3) is 0 Å². The van der Waals surface area contributed by atoms with Gasteiger partial charge in [0.2, 0.25) is 0 Å².